The summed E-state index contributed by atoms with van der Waals surface area (Å²) in [6, 6.07) is 9.66. The molecule has 0 saturated carbocycles. The van der Waals surface area contributed by atoms with E-state index in [1.165, 1.54) is 4.57 Å². The molecule has 0 bridgehead atoms. The highest BCUT2D eigenvalue weighted by atomic mass is 16.5. The Kier molecular flexibility index (Phi) is 4.53. The van der Waals surface area contributed by atoms with Crippen molar-refractivity contribution in [2.45, 2.75) is 25.9 Å². The zero-order valence-electron chi connectivity index (χ0n) is 12.5. The van der Waals surface area contributed by atoms with Gasteiger partial charge in [0.1, 0.15) is 0 Å². The van der Waals surface area contributed by atoms with Gasteiger partial charge in [0.15, 0.2) is 0 Å². The van der Waals surface area contributed by atoms with Crippen molar-refractivity contribution in [3.8, 4) is 0 Å². The number of hydrogen-bond acceptors (Lipinski definition) is 3. The Morgan fingerprint density at radius 1 is 0.955 bits per heavy atom. The minimum atomic E-state index is -0.460. The van der Waals surface area contributed by atoms with E-state index >= 15 is 0 Å². The minimum Gasteiger partial charge on any atom is -0.381 e. The average Bonchev–Trinajstić information content (AvgIpc) is 2.56. The summed E-state index contributed by atoms with van der Waals surface area (Å²) in [6.45, 7) is 2.51. The first-order valence-electron chi connectivity index (χ1n) is 7.65. The first-order chi connectivity index (χ1) is 10.7. The minimum absolute atomic E-state index is 0.413. The normalized spacial score (nSPS) is 15.8. The Morgan fingerprint density at radius 2 is 1.59 bits per heavy atom. The number of rotatable bonds is 4. The molecule has 0 spiro atoms. The van der Waals surface area contributed by atoms with Crippen LogP contribution in [0.25, 0.3) is 0 Å². The van der Waals surface area contributed by atoms with Crippen LogP contribution in [0.5, 0.6) is 0 Å². The summed E-state index contributed by atoms with van der Waals surface area (Å²) in [5.74, 6) is 0.413. The molecule has 1 aromatic heterocycles. The fraction of sp³-hybridized carbons (Fsp3) is 0.412. The van der Waals surface area contributed by atoms with Crippen LogP contribution in [0.3, 0.4) is 0 Å². The first kappa shape index (κ1) is 14.8. The van der Waals surface area contributed by atoms with Gasteiger partial charge in [0.25, 0.3) is 0 Å². The predicted molar refractivity (Wildman–Crippen MR) is 84.0 cm³/mol. The number of aromatic nitrogens is 2. The van der Waals surface area contributed by atoms with Gasteiger partial charge in [-0.05, 0) is 24.3 Å². The van der Waals surface area contributed by atoms with Crippen molar-refractivity contribution in [1.82, 2.24) is 9.13 Å². The summed E-state index contributed by atoms with van der Waals surface area (Å²) in [5, 5.41) is 0. The fourth-order valence-electron chi connectivity index (χ4n) is 2.80. The summed E-state index contributed by atoms with van der Waals surface area (Å²) >= 11 is 0. The predicted octanol–water partition coefficient (Wildman–Crippen LogP) is 1.48. The highest BCUT2D eigenvalue weighted by Gasteiger charge is 2.16. The van der Waals surface area contributed by atoms with Crippen molar-refractivity contribution in [2.75, 3.05) is 13.2 Å². The Hall–Kier alpha value is -2.14. The summed E-state index contributed by atoms with van der Waals surface area (Å²) < 4.78 is 8.34. The quantitative estimate of drug-likeness (QED) is 0.804. The van der Waals surface area contributed by atoms with E-state index in [1.807, 2.05) is 30.3 Å². The third kappa shape index (κ3) is 3.36. The molecule has 2 heterocycles. The van der Waals surface area contributed by atoms with E-state index in [0.29, 0.717) is 19.0 Å². The molecule has 0 radical (unpaired) electrons. The van der Waals surface area contributed by atoms with Crippen LogP contribution < -0.4 is 11.1 Å². The summed E-state index contributed by atoms with van der Waals surface area (Å²) in [7, 11) is 0. The Bertz CT molecular complexity index is 728. The van der Waals surface area contributed by atoms with Crippen molar-refractivity contribution in [3.05, 3.63) is 69.0 Å². The van der Waals surface area contributed by atoms with Crippen LogP contribution in [-0.4, -0.2) is 22.3 Å². The third-order valence-corrected chi connectivity index (χ3v) is 4.12. The maximum absolute atomic E-state index is 12.3. The van der Waals surface area contributed by atoms with E-state index in [4.69, 9.17) is 4.74 Å². The number of nitrogens with zero attached hydrogens (tertiary/aromatic N) is 2. The van der Waals surface area contributed by atoms with Gasteiger partial charge in [-0.1, -0.05) is 30.3 Å². The highest BCUT2D eigenvalue weighted by Crippen LogP contribution is 2.15. The Labute approximate surface area is 128 Å². The molecular weight excluding hydrogens is 280 g/mol. The molecule has 5 nitrogen and oxygen atoms in total. The van der Waals surface area contributed by atoms with E-state index in [0.717, 1.165) is 31.6 Å². The molecule has 1 fully saturated rings. The molecule has 0 aliphatic carbocycles. The van der Waals surface area contributed by atoms with Crippen molar-refractivity contribution >= 4 is 0 Å². The smallest absolute Gasteiger partial charge is 0.316 e. The molecule has 1 aliphatic rings. The molecule has 0 N–H and O–H groups in total. The molecule has 1 saturated heterocycles. The molecule has 5 heteroatoms. The lowest BCUT2D eigenvalue weighted by Crippen LogP contribution is -2.42. The number of benzene rings is 1. The third-order valence-electron chi connectivity index (χ3n) is 4.12. The SMILES string of the molecule is O=c1c(=O)n(CC2CCOCC2)ccn1Cc1ccccc1. The molecule has 0 unspecified atom stereocenters. The lowest BCUT2D eigenvalue weighted by Gasteiger charge is -2.22. The van der Waals surface area contributed by atoms with Gasteiger partial charge in [-0.3, -0.25) is 9.59 Å². The van der Waals surface area contributed by atoms with E-state index < -0.39 is 11.1 Å². The van der Waals surface area contributed by atoms with Gasteiger partial charge >= 0.3 is 11.1 Å². The van der Waals surface area contributed by atoms with Crippen molar-refractivity contribution in [1.29, 1.82) is 0 Å². The Balaban J connectivity index is 1.79. The summed E-state index contributed by atoms with van der Waals surface area (Å²) in [4.78, 5) is 24.5. The van der Waals surface area contributed by atoms with Gasteiger partial charge in [0.05, 0.1) is 6.54 Å². The molecule has 0 amide bonds. The Morgan fingerprint density at radius 3 is 2.32 bits per heavy atom. The average molecular weight is 300 g/mol. The maximum Gasteiger partial charge on any atom is 0.316 e. The number of ether oxygens (including phenoxy) is 1. The van der Waals surface area contributed by atoms with Crippen LogP contribution in [0.2, 0.25) is 0 Å². The molecular formula is C17H20N2O3. The maximum atomic E-state index is 12.3. The van der Waals surface area contributed by atoms with Crippen LogP contribution in [0.1, 0.15) is 18.4 Å². The molecule has 22 heavy (non-hydrogen) atoms. The number of hydrogen-bond donors (Lipinski definition) is 0. The van der Waals surface area contributed by atoms with Crippen LogP contribution in [-0.2, 0) is 17.8 Å². The van der Waals surface area contributed by atoms with Gasteiger partial charge in [0.2, 0.25) is 0 Å². The van der Waals surface area contributed by atoms with Gasteiger partial charge in [-0.25, -0.2) is 0 Å². The van der Waals surface area contributed by atoms with Crippen molar-refractivity contribution in [2.24, 2.45) is 5.92 Å². The summed E-state index contributed by atoms with van der Waals surface area (Å²) in [6.07, 6.45) is 5.32. The second-order valence-corrected chi connectivity index (χ2v) is 5.73. The standard InChI is InChI=1S/C17H20N2O3/c20-16-17(21)19(13-15-6-10-22-11-7-15)9-8-18(16)12-14-4-2-1-3-5-14/h1-5,8-9,15H,6-7,10-13H2. The summed E-state index contributed by atoms with van der Waals surface area (Å²) in [5.41, 5.74) is 0.106. The second kappa shape index (κ2) is 6.75. The molecule has 0 atom stereocenters. The largest absolute Gasteiger partial charge is 0.381 e. The van der Waals surface area contributed by atoms with Crippen molar-refractivity contribution in [3.63, 3.8) is 0 Å². The monoisotopic (exact) mass is 300 g/mol. The first-order valence-corrected chi connectivity index (χ1v) is 7.65. The van der Waals surface area contributed by atoms with Crippen LogP contribution in [0.4, 0.5) is 0 Å². The van der Waals surface area contributed by atoms with Crippen molar-refractivity contribution < 1.29 is 4.74 Å². The lowest BCUT2D eigenvalue weighted by molar-refractivity contribution is 0.0608. The zero-order chi connectivity index (χ0) is 15.4. The van der Waals surface area contributed by atoms with Crippen LogP contribution in [0.15, 0.2) is 52.3 Å². The lowest BCUT2D eigenvalue weighted by atomic mass is 10.0. The second-order valence-electron chi connectivity index (χ2n) is 5.73. The van der Waals surface area contributed by atoms with Crippen LogP contribution in [0, 0.1) is 5.92 Å². The molecule has 1 aliphatic heterocycles. The zero-order valence-corrected chi connectivity index (χ0v) is 12.5. The van der Waals surface area contributed by atoms with E-state index in [-0.39, 0.29) is 0 Å². The van der Waals surface area contributed by atoms with Gasteiger partial charge in [-0.15, -0.1) is 0 Å². The molecule has 1 aromatic carbocycles. The fourth-order valence-corrected chi connectivity index (χ4v) is 2.80. The molecule has 116 valence electrons. The van der Waals surface area contributed by atoms with E-state index in [1.54, 1.807) is 17.0 Å². The molecule has 3 rings (SSSR count). The van der Waals surface area contributed by atoms with Gasteiger partial charge in [0, 0.05) is 32.2 Å². The van der Waals surface area contributed by atoms with E-state index in [9.17, 15) is 9.59 Å². The topological polar surface area (TPSA) is 53.2 Å². The van der Waals surface area contributed by atoms with Crippen LogP contribution >= 0.6 is 0 Å². The highest BCUT2D eigenvalue weighted by molar-refractivity contribution is 5.15. The van der Waals surface area contributed by atoms with Gasteiger partial charge in [-0.2, -0.15) is 0 Å². The van der Waals surface area contributed by atoms with E-state index in [2.05, 4.69) is 0 Å². The molecule has 2 aromatic rings. The van der Waals surface area contributed by atoms with Gasteiger partial charge < -0.3 is 13.9 Å².